The predicted octanol–water partition coefficient (Wildman–Crippen LogP) is 0.909. The molecule has 1 N–H and O–H groups in total. The zero-order valence-corrected chi connectivity index (χ0v) is 23.0. The Morgan fingerprint density at radius 2 is 2.03 bits per heavy atom. The summed E-state index contributed by atoms with van der Waals surface area (Å²) in [5.41, 5.74) is 0. The fourth-order valence-corrected chi connectivity index (χ4v) is 9.67. The Hall–Kier alpha value is -1.40. The number of rotatable bonds is 12. The number of β-amino-alcohol motifs (C(OH)–C–C–N with tert-alkyl or cyclic N) is 1. The highest BCUT2D eigenvalue weighted by molar-refractivity contribution is 9.09. The van der Waals surface area contributed by atoms with Gasteiger partial charge in [-0.05, 0) is 12.8 Å². The third-order valence-corrected chi connectivity index (χ3v) is 10.9. The van der Waals surface area contributed by atoms with Crippen molar-refractivity contribution < 1.29 is 29.0 Å². The highest BCUT2D eigenvalue weighted by atomic mass is 79.9. The first-order chi connectivity index (χ1) is 17.4. The normalized spacial score (nSPS) is 33.4. The molecule has 1 spiro atoms. The second-order valence-electron chi connectivity index (χ2n) is 9.69. The van der Waals surface area contributed by atoms with E-state index in [2.05, 4.69) is 34.0 Å². The van der Waals surface area contributed by atoms with Crippen molar-refractivity contribution in [3.63, 3.8) is 0 Å². The van der Waals surface area contributed by atoms with Gasteiger partial charge in [0.2, 0.25) is 11.8 Å². The number of morpholine rings is 1. The number of thioether (sulfide) groups is 1. The van der Waals surface area contributed by atoms with Crippen molar-refractivity contribution in [2.24, 2.45) is 11.8 Å². The second-order valence-corrected chi connectivity index (χ2v) is 12.4. The molecule has 4 saturated heterocycles. The Morgan fingerprint density at radius 1 is 1.28 bits per heavy atom. The summed E-state index contributed by atoms with van der Waals surface area (Å²) in [6, 6.07) is -0.757. The minimum absolute atomic E-state index is 0.0194. The van der Waals surface area contributed by atoms with Crippen molar-refractivity contribution in [2.75, 3.05) is 65.7 Å². The van der Waals surface area contributed by atoms with Gasteiger partial charge < -0.3 is 24.4 Å². The minimum atomic E-state index is -0.757. The molecule has 0 radical (unpaired) electrons. The molecule has 2 bridgehead atoms. The number of alkyl halides is 1. The lowest BCUT2D eigenvalue weighted by molar-refractivity contribution is -0.154. The number of esters is 1. The Morgan fingerprint density at radius 3 is 2.69 bits per heavy atom. The summed E-state index contributed by atoms with van der Waals surface area (Å²) >= 11 is 5.31. The molecule has 200 valence electrons. The maximum atomic E-state index is 14.2. The van der Waals surface area contributed by atoms with Gasteiger partial charge in [0.05, 0.1) is 43.0 Å². The van der Waals surface area contributed by atoms with Crippen molar-refractivity contribution in [2.45, 2.75) is 33.7 Å². The quantitative estimate of drug-likeness (QED) is 0.156. The van der Waals surface area contributed by atoms with Crippen LogP contribution >= 0.6 is 27.7 Å². The van der Waals surface area contributed by atoms with Gasteiger partial charge in [0.15, 0.2) is 0 Å². The first kappa shape index (κ1) is 27.6. The van der Waals surface area contributed by atoms with Gasteiger partial charge >= 0.3 is 5.97 Å². The van der Waals surface area contributed by atoms with Gasteiger partial charge in [-0.1, -0.05) is 28.1 Å². The maximum absolute atomic E-state index is 14.2. The molecular weight excluding hydrogens is 550 g/mol. The SMILES string of the molecule is C=CCCOC(=O)[C@H]1[C@H]2C(=O)N(CCO)C(C(=O)N(CC=C)CCN3CCOCC3)C23CC(Br)[C@@H]1S3. The molecule has 4 rings (SSSR count). The summed E-state index contributed by atoms with van der Waals surface area (Å²) in [5, 5.41) is 9.64. The van der Waals surface area contributed by atoms with Crippen LogP contribution in [0, 0.1) is 11.8 Å². The minimum Gasteiger partial charge on any atom is -0.465 e. The highest BCUT2D eigenvalue weighted by Gasteiger charge is 2.76. The lowest BCUT2D eigenvalue weighted by atomic mass is 9.71. The standard InChI is InChI=1S/C25H36BrN3O6S/c1-3-5-13-35-24(33)18-19-22(31)29(9-12-30)21(25(19)16-17(26)20(18)36-25)23(32)28(6-4-2)8-7-27-10-14-34-15-11-27/h3-4,17-21,30H,1-2,5-16H2/t17?,18-,19-,20-,21?,25?/m0/s1. The summed E-state index contributed by atoms with van der Waals surface area (Å²) in [7, 11) is 0. The molecule has 6 atom stereocenters. The van der Waals surface area contributed by atoms with Crippen LogP contribution in [-0.2, 0) is 23.9 Å². The molecular formula is C25H36BrN3O6S. The molecule has 4 aliphatic heterocycles. The number of fused-ring (bicyclic) bond motifs is 1. The van der Waals surface area contributed by atoms with Crippen molar-refractivity contribution in [3.05, 3.63) is 25.3 Å². The van der Waals surface area contributed by atoms with E-state index in [4.69, 9.17) is 9.47 Å². The number of carbonyl (C=O) groups excluding carboxylic acids is 3. The molecule has 9 nitrogen and oxygen atoms in total. The molecule has 0 aromatic carbocycles. The van der Waals surface area contributed by atoms with Gasteiger partial charge in [0.25, 0.3) is 0 Å². The van der Waals surface area contributed by atoms with Crippen molar-refractivity contribution in [1.29, 1.82) is 0 Å². The molecule has 4 fully saturated rings. The van der Waals surface area contributed by atoms with Crippen LogP contribution in [0.3, 0.4) is 0 Å². The van der Waals surface area contributed by atoms with Crippen molar-refractivity contribution in [1.82, 2.24) is 14.7 Å². The lowest BCUT2D eigenvalue weighted by Crippen LogP contribution is -2.56. The monoisotopic (exact) mass is 585 g/mol. The Balaban J connectivity index is 1.60. The lowest BCUT2D eigenvalue weighted by Gasteiger charge is -2.38. The zero-order chi connectivity index (χ0) is 25.9. The molecule has 4 heterocycles. The van der Waals surface area contributed by atoms with Crippen LogP contribution in [0.25, 0.3) is 0 Å². The summed E-state index contributed by atoms with van der Waals surface area (Å²) in [5.74, 6) is -2.07. The van der Waals surface area contributed by atoms with Crippen LogP contribution in [0.1, 0.15) is 12.8 Å². The number of aliphatic hydroxyl groups excluding tert-OH is 1. The second kappa shape index (κ2) is 12.0. The van der Waals surface area contributed by atoms with Crippen LogP contribution < -0.4 is 0 Å². The molecule has 0 aromatic heterocycles. The van der Waals surface area contributed by atoms with Gasteiger partial charge in [0.1, 0.15) is 6.04 Å². The van der Waals surface area contributed by atoms with E-state index in [1.54, 1.807) is 28.8 Å². The van der Waals surface area contributed by atoms with E-state index in [0.29, 0.717) is 45.7 Å². The topological polar surface area (TPSA) is 99.6 Å². The van der Waals surface area contributed by atoms with E-state index in [0.717, 1.165) is 13.1 Å². The van der Waals surface area contributed by atoms with Crippen molar-refractivity contribution >= 4 is 45.5 Å². The number of aliphatic hydroxyl groups is 1. The van der Waals surface area contributed by atoms with Gasteiger partial charge in [-0.15, -0.1) is 24.9 Å². The largest absolute Gasteiger partial charge is 0.465 e. The number of ether oxygens (including phenoxy) is 2. The van der Waals surface area contributed by atoms with E-state index in [1.165, 1.54) is 4.90 Å². The number of halogens is 1. The van der Waals surface area contributed by atoms with E-state index < -0.39 is 28.6 Å². The third-order valence-electron chi connectivity index (χ3n) is 7.65. The van der Waals surface area contributed by atoms with Crippen LogP contribution in [0.5, 0.6) is 0 Å². The molecule has 3 unspecified atom stereocenters. The number of amides is 2. The summed E-state index contributed by atoms with van der Waals surface area (Å²) < 4.78 is 10.2. The first-order valence-corrected chi connectivity index (χ1v) is 14.4. The van der Waals surface area contributed by atoms with Crippen LogP contribution in [0.15, 0.2) is 25.3 Å². The fourth-order valence-electron chi connectivity index (χ4n) is 6.07. The van der Waals surface area contributed by atoms with Crippen LogP contribution in [0.2, 0.25) is 0 Å². The van der Waals surface area contributed by atoms with E-state index >= 15 is 0 Å². The van der Waals surface area contributed by atoms with Gasteiger partial charge in [0, 0.05) is 49.3 Å². The van der Waals surface area contributed by atoms with E-state index in [9.17, 15) is 19.5 Å². The molecule has 0 saturated carbocycles. The van der Waals surface area contributed by atoms with Crippen LogP contribution in [0.4, 0.5) is 0 Å². The number of carbonyl (C=O) groups is 3. The van der Waals surface area contributed by atoms with Crippen molar-refractivity contribution in [3.8, 4) is 0 Å². The number of hydrogen-bond donors (Lipinski definition) is 1. The van der Waals surface area contributed by atoms with Crippen LogP contribution in [-0.4, -0.2) is 124 Å². The van der Waals surface area contributed by atoms with E-state index in [-0.39, 0.29) is 41.6 Å². The fraction of sp³-hybridized carbons (Fsp3) is 0.720. The molecule has 4 aliphatic rings. The van der Waals surface area contributed by atoms with Gasteiger partial charge in [-0.3, -0.25) is 19.3 Å². The number of likely N-dealkylation sites (tertiary alicyclic amines) is 1. The van der Waals surface area contributed by atoms with E-state index in [1.807, 2.05) is 0 Å². The molecule has 11 heteroatoms. The predicted molar refractivity (Wildman–Crippen MR) is 141 cm³/mol. The molecule has 2 amide bonds. The highest BCUT2D eigenvalue weighted by Crippen LogP contribution is 2.67. The molecule has 36 heavy (non-hydrogen) atoms. The summed E-state index contributed by atoms with van der Waals surface area (Å²) in [4.78, 5) is 46.6. The summed E-state index contributed by atoms with van der Waals surface area (Å²) in [6.45, 7) is 12.1. The maximum Gasteiger partial charge on any atom is 0.310 e. The Bertz CT molecular complexity index is 871. The molecule has 0 aromatic rings. The average Bonchev–Trinajstić information content (AvgIpc) is 3.46. The Kier molecular flexibility index (Phi) is 9.19. The summed E-state index contributed by atoms with van der Waals surface area (Å²) in [6.07, 6.45) is 4.51. The smallest absolute Gasteiger partial charge is 0.310 e. The molecule has 0 aliphatic carbocycles. The van der Waals surface area contributed by atoms with Gasteiger partial charge in [-0.2, -0.15) is 0 Å². The number of hydrogen-bond acceptors (Lipinski definition) is 8. The average molecular weight is 587 g/mol. The Labute approximate surface area is 225 Å². The zero-order valence-electron chi connectivity index (χ0n) is 20.6. The third kappa shape index (κ3) is 5.01. The van der Waals surface area contributed by atoms with Gasteiger partial charge in [-0.25, -0.2) is 0 Å². The number of nitrogens with zero attached hydrogens (tertiary/aromatic N) is 3. The first-order valence-electron chi connectivity index (χ1n) is 12.6.